The minimum atomic E-state index is 0.513. The summed E-state index contributed by atoms with van der Waals surface area (Å²) in [4.78, 5) is 0. The second-order valence-electron chi connectivity index (χ2n) is 5.89. The van der Waals surface area contributed by atoms with Crippen LogP contribution in [0.1, 0.15) is 63.1 Å². The Morgan fingerprint density at radius 2 is 1.85 bits per heavy atom. The molecule has 0 spiro atoms. The molecule has 1 saturated carbocycles. The van der Waals surface area contributed by atoms with Crippen LogP contribution in [0.25, 0.3) is 0 Å². The first-order valence-electron chi connectivity index (χ1n) is 8.16. The molecular formula is C18H29NS. The van der Waals surface area contributed by atoms with Gasteiger partial charge in [0, 0.05) is 17.3 Å². The molecule has 1 N–H and O–H groups in total. The average Bonchev–Trinajstić information content (AvgIpc) is 2.53. The van der Waals surface area contributed by atoms with Crippen molar-refractivity contribution < 1.29 is 0 Å². The van der Waals surface area contributed by atoms with Crippen LogP contribution in [0, 0.1) is 0 Å². The third-order valence-corrected chi connectivity index (χ3v) is 5.79. The quantitative estimate of drug-likeness (QED) is 0.794. The van der Waals surface area contributed by atoms with Crippen LogP contribution in [0.5, 0.6) is 0 Å². The highest BCUT2D eigenvalue weighted by Crippen LogP contribution is 2.29. The molecule has 1 fully saturated rings. The topological polar surface area (TPSA) is 12.0 Å². The van der Waals surface area contributed by atoms with Crippen molar-refractivity contribution in [2.24, 2.45) is 0 Å². The van der Waals surface area contributed by atoms with Crippen LogP contribution < -0.4 is 5.32 Å². The van der Waals surface area contributed by atoms with Gasteiger partial charge in [0.2, 0.25) is 0 Å². The molecule has 1 aliphatic rings. The Bertz CT molecular complexity index is 387. The molecule has 0 radical (unpaired) electrons. The van der Waals surface area contributed by atoms with E-state index in [1.54, 1.807) is 0 Å². The van der Waals surface area contributed by atoms with Gasteiger partial charge < -0.3 is 5.32 Å². The second-order valence-corrected chi connectivity index (χ2v) is 6.96. The lowest BCUT2D eigenvalue weighted by Crippen LogP contribution is -2.42. The number of nitrogens with one attached hydrogen (secondary N) is 1. The molecule has 2 rings (SSSR count). The van der Waals surface area contributed by atoms with E-state index in [9.17, 15) is 0 Å². The maximum absolute atomic E-state index is 3.94. The van der Waals surface area contributed by atoms with Crippen molar-refractivity contribution in [2.45, 2.75) is 69.7 Å². The van der Waals surface area contributed by atoms with Gasteiger partial charge >= 0.3 is 0 Å². The van der Waals surface area contributed by atoms with Crippen LogP contribution in [0.4, 0.5) is 0 Å². The summed E-state index contributed by atoms with van der Waals surface area (Å²) < 4.78 is 0. The molecule has 20 heavy (non-hydrogen) atoms. The maximum Gasteiger partial charge on any atom is 0.0320 e. The van der Waals surface area contributed by atoms with Gasteiger partial charge in [-0.1, -0.05) is 51.0 Å². The third-order valence-electron chi connectivity index (χ3n) is 4.62. The van der Waals surface area contributed by atoms with Gasteiger partial charge in [-0.15, -0.1) is 0 Å². The number of hydrogen-bond donors (Lipinski definition) is 1. The fourth-order valence-corrected chi connectivity index (χ4v) is 4.21. The standard InChI is InChI=1S/C18H29NS/c1-4-14-10-12-15(13-11-14)16(5-2)19-17-8-6-7-9-18(17)20-3/h10-13,16-19H,4-9H2,1-3H3. The Morgan fingerprint density at radius 1 is 1.15 bits per heavy atom. The molecule has 0 bridgehead atoms. The van der Waals surface area contributed by atoms with Crippen molar-refractivity contribution in [1.29, 1.82) is 0 Å². The number of hydrogen-bond acceptors (Lipinski definition) is 2. The van der Waals surface area contributed by atoms with Crippen molar-refractivity contribution in [1.82, 2.24) is 5.32 Å². The molecule has 0 amide bonds. The first kappa shape index (κ1) is 15.9. The van der Waals surface area contributed by atoms with Crippen molar-refractivity contribution in [3.63, 3.8) is 0 Å². The molecule has 1 nitrogen and oxygen atoms in total. The van der Waals surface area contributed by atoms with Crippen LogP contribution in [0.3, 0.4) is 0 Å². The zero-order chi connectivity index (χ0) is 14.4. The first-order valence-corrected chi connectivity index (χ1v) is 9.45. The Hall–Kier alpha value is -0.470. The van der Waals surface area contributed by atoms with Crippen LogP contribution in [-0.2, 0) is 6.42 Å². The predicted molar refractivity (Wildman–Crippen MR) is 91.5 cm³/mol. The summed E-state index contributed by atoms with van der Waals surface area (Å²) in [6.07, 6.45) is 10.1. The molecule has 112 valence electrons. The maximum atomic E-state index is 3.94. The summed E-state index contributed by atoms with van der Waals surface area (Å²) in [5.41, 5.74) is 2.89. The summed E-state index contributed by atoms with van der Waals surface area (Å²) in [5, 5.41) is 4.74. The lowest BCUT2D eigenvalue weighted by molar-refractivity contribution is 0.343. The summed E-state index contributed by atoms with van der Waals surface area (Å²) in [5.74, 6) is 0. The Balaban J connectivity index is 2.03. The highest BCUT2D eigenvalue weighted by atomic mass is 32.2. The van der Waals surface area contributed by atoms with Gasteiger partial charge in [-0.3, -0.25) is 0 Å². The van der Waals surface area contributed by atoms with Crippen LogP contribution >= 0.6 is 11.8 Å². The number of thioether (sulfide) groups is 1. The van der Waals surface area contributed by atoms with E-state index >= 15 is 0 Å². The van der Waals surface area contributed by atoms with Crippen LogP contribution in [0.15, 0.2) is 24.3 Å². The summed E-state index contributed by atoms with van der Waals surface area (Å²) in [7, 11) is 0. The monoisotopic (exact) mass is 291 g/mol. The highest BCUT2D eigenvalue weighted by molar-refractivity contribution is 7.99. The van der Waals surface area contributed by atoms with Crippen LogP contribution in [-0.4, -0.2) is 17.5 Å². The SMILES string of the molecule is CCc1ccc(C(CC)NC2CCCCC2SC)cc1. The Morgan fingerprint density at radius 3 is 2.45 bits per heavy atom. The fraction of sp³-hybridized carbons (Fsp3) is 0.667. The predicted octanol–water partition coefficient (Wildman–Crippen LogP) is 4.96. The number of rotatable bonds is 6. The first-order chi connectivity index (χ1) is 9.78. The molecule has 0 saturated heterocycles. The number of benzene rings is 1. The minimum Gasteiger partial charge on any atom is -0.306 e. The Kier molecular flexibility index (Phi) is 6.44. The lowest BCUT2D eigenvalue weighted by atomic mass is 9.92. The average molecular weight is 292 g/mol. The van der Waals surface area contributed by atoms with Crippen molar-refractivity contribution in [3.05, 3.63) is 35.4 Å². The van der Waals surface area contributed by atoms with E-state index in [4.69, 9.17) is 0 Å². The van der Waals surface area contributed by atoms with Gasteiger partial charge in [0.15, 0.2) is 0 Å². The molecule has 1 aromatic rings. The minimum absolute atomic E-state index is 0.513. The molecule has 1 aliphatic carbocycles. The fourth-order valence-electron chi connectivity index (χ4n) is 3.26. The van der Waals surface area contributed by atoms with Crippen molar-refractivity contribution in [2.75, 3.05) is 6.26 Å². The molecular weight excluding hydrogens is 262 g/mol. The summed E-state index contributed by atoms with van der Waals surface area (Å²) in [6, 6.07) is 10.4. The van der Waals surface area contributed by atoms with E-state index < -0.39 is 0 Å². The molecule has 0 aromatic heterocycles. The smallest absolute Gasteiger partial charge is 0.0320 e. The van der Waals surface area contributed by atoms with Gasteiger partial charge in [0.05, 0.1) is 0 Å². The van der Waals surface area contributed by atoms with Gasteiger partial charge in [-0.2, -0.15) is 11.8 Å². The molecule has 3 atom stereocenters. The summed E-state index contributed by atoms with van der Waals surface area (Å²) in [6.45, 7) is 4.51. The zero-order valence-corrected chi connectivity index (χ0v) is 14.0. The van der Waals surface area contributed by atoms with E-state index in [2.05, 4.69) is 49.7 Å². The van der Waals surface area contributed by atoms with E-state index in [0.717, 1.165) is 11.7 Å². The molecule has 0 heterocycles. The largest absolute Gasteiger partial charge is 0.306 e. The second kappa shape index (κ2) is 8.09. The van der Waals surface area contributed by atoms with Gasteiger partial charge in [0.25, 0.3) is 0 Å². The van der Waals surface area contributed by atoms with E-state index in [1.807, 2.05) is 11.8 Å². The van der Waals surface area contributed by atoms with Gasteiger partial charge in [0.1, 0.15) is 0 Å². The third kappa shape index (κ3) is 4.02. The molecule has 2 heteroatoms. The molecule has 0 aliphatic heterocycles. The van der Waals surface area contributed by atoms with E-state index in [1.165, 1.54) is 43.2 Å². The summed E-state index contributed by atoms with van der Waals surface area (Å²) >= 11 is 2.05. The van der Waals surface area contributed by atoms with E-state index in [0.29, 0.717) is 12.1 Å². The van der Waals surface area contributed by atoms with Gasteiger partial charge in [-0.25, -0.2) is 0 Å². The highest BCUT2D eigenvalue weighted by Gasteiger charge is 2.26. The molecule has 3 unspecified atom stereocenters. The van der Waals surface area contributed by atoms with Crippen LogP contribution in [0.2, 0.25) is 0 Å². The van der Waals surface area contributed by atoms with Crippen molar-refractivity contribution >= 4 is 11.8 Å². The van der Waals surface area contributed by atoms with Gasteiger partial charge in [-0.05, 0) is 43.1 Å². The zero-order valence-electron chi connectivity index (χ0n) is 13.2. The number of aryl methyl sites for hydroxylation is 1. The lowest BCUT2D eigenvalue weighted by Gasteiger charge is -2.34. The van der Waals surface area contributed by atoms with E-state index in [-0.39, 0.29) is 0 Å². The normalized spacial score (nSPS) is 24.6. The molecule has 1 aromatic carbocycles. The Labute approximate surface area is 128 Å². The van der Waals surface area contributed by atoms with Crippen molar-refractivity contribution in [3.8, 4) is 0 Å².